The van der Waals surface area contributed by atoms with Gasteiger partial charge in [0.15, 0.2) is 4.61 Å². The highest BCUT2D eigenvalue weighted by Crippen LogP contribution is 2.73. The zero-order valence-electron chi connectivity index (χ0n) is 13.0. The van der Waals surface area contributed by atoms with Crippen LogP contribution >= 0.6 is 19.0 Å². The molecule has 0 radical (unpaired) electrons. The third-order valence-corrected chi connectivity index (χ3v) is 11.3. The highest BCUT2D eigenvalue weighted by atomic mass is 32.2. The summed E-state index contributed by atoms with van der Waals surface area (Å²) in [5, 5.41) is 4.12. The lowest BCUT2D eigenvalue weighted by molar-refractivity contribution is 0.955. The molecule has 0 spiro atoms. The second-order valence-corrected chi connectivity index (χ2v) is 11.5. The van der Waals surface area contributed by atoms with Gasteiger partial charge in [-0.2, -0.15) is 0 Å². The van der Waals surface area contributed by atoms with Gasteiger partial charge in [-0.05, 0) is 36.4 Å². The van der Waals surface area contributed by atoms with Crippen LogP contribution in [0.25, 0.3) is 0 Å². The van der Waals surface area contributed by atoms with Crippen molar-refractivity contribution in [3.8, 4) is 0 Å². The van der Waals surface area contributed by atoms with Gasteiger partial charge in [-0.15, -0.1) is 0 Å². The Balaban J connectivity index is 2.12. The normalized spacial score (nSPS) is 21.8. The Labute approximate surface area is 142 Å². The summed E-state index contributed by atoms with van der Waals surface area (Å²) in [7, 11) is -1.90. The van der Waals surface area contributed by atoms with Crippen molar-refractivity contribution in [2.24, 2.45) is 5.73 Å². The molecule has 1 aliphatic heterocycles. The average molecular weight is 336 g/mol. The van der Waals surface area contributed by atoms with Gasteiger partial charge in [-0.1, -0.05) is 60.3 Å². The van der Waals surface area contributed by atoms with E-state index in [4.69, 9.17) is 5.73 Å². The predicted molar refractivity (Wildman–Crippen MR) is 104 cm³/mol. The van der Waals surface area contributed by atoms with E-state index in [9.17, 15) is 0 Å². The fraction of sp³-hybridized carbons (Fsp3) is 0.100. The van der Waals surface area contributed by atoms with Crippen molar-refractivity contribution in [3.05, 3.63) is 84.9 Å². The van der Waals surface area contributed by atoms with Crippen molar-refractivity contribution in [3.63, 3.8) is 0 Å². The first-order valence-electron chi connectivity index (χ1n) is 7.74. The molecule has 0 bridgehead atoms. The van der Waals surface area contributed by atoms with Gasteiger partial charge >= 0.3 is 0 Å². The van der Waals surface area contributed by atoms with Crippen LogP contribution < -0.4 is 21.6 Å². The van der Waals surface area contributed by atoms with E-state index in [1.54, 1.807) is 0 Å². The summed E-state index contributed by atoms with van der Waals surface area (Å²) in [5.74, 6) is 0. The summed E-state index contributed by atoms with van der Waals surface area (Å²) in [5.41, 5.74) is 6.98. The van der Waals surface area contributed by atoms with E-state index in [-0.39, 0.29) is 4.61 Å². The van der Waals surface area contributed by atoms with E-state index in [0.717, 1.165) is 0 Å². The number of thioether (sulfide) groups is 1. The van der Waals surface area contributed by atoms with Crippen LogP contribution in [0, 0.1) is 0 Å². The van der Waals surface area contributed by atoms with E-state index < -0.39 is 7.26 Å². The number of rotatable bonds is 2. The summed E-state index contributed by atoms with van der Waals surface area (Å²) in [6, 6.07) is 30.4. The Kier molecular flexibility index (Phi) is 3.57. The van der Waals surface area contributed by atoms with E-state index in [0.29, 0.717) is 0 Å². The van der Waals surface area contributed by atoms with Gasteiger partial charge in [0.1, 0.15) is 23.2 Å². The van der Waals surface area contributed by atoms with Gasteiger partial charge < -0.3 is 0 Å². The third-order valence-electron chi connectivity index (χ3n) is 4.50. The fourth-order valence-electron chi connectivity index (χ4n) is 3.59. The standard InChI is InChI=1S/C20H19NPS/c1-20(21)22(16-10-4-2-5-11-16,17-12-6-3-7-13-17)18-14-8-9-15-19(18)23-20/h2-15H,21H2,1H3/q+1/t20-/m1/s1. The van der Waals surface area contributed by atoms with Crippen LogP contribution in [0.4, 0.5) is 0 Å². The number of hydrogen-bond acceptors (Lipinski definition) is 2. The maximum Gasteiger partial charge on any atom is 0.189 e. The molecule has 0 unspecified atom stereocenters. The van der Waals surface area contributed by atoms with Crippen LogP contribution in [0.1, 0.15) is 6.92 Å². The van der Waals surface area contributed by atoms with Crippen molar-refractivity contribution in [1.29, 1.82) is 0 Å². The SMILES string of the molecule is C[C@]1(N)Sc2ccccc2[P+]1(c1ccccc1)c1ccccc1. The molecule has 0 saturated heterocycles. The lowest BCUT2D eigenvalue weighted by Crippen LogP contribution is -2.45. The van der Waals surface area contributed by atoms with Gasteiger partial charge in [-0.3, -0.25) is 5.73 Å². The van der Waals surface area contributed by atoms with Crippen LogP contribution in [0.3, 0.4) is 0 Å². The largest absolute Gasteiger partial charge is 0.284 e. The molecule has 0 aliphatic carbocycles. The molecule has 4 rings (SSSR count). The first-order valence-corrected chi connectivity index (χ1v) is 10.3. The molecule has 1 atom stereocenters. The molecule has 1 nitrogen and oxygen atoms in total. The Hall–Kier alpha value is -1.60. The van der Waals surface area contributed by atoms with E-state index in [1.165, 1.54) is 20.8 Å². The van der Waals surface area contributed by atoms with E-state index in [2.05, 4.69) is 91.9 Å². The molecule has 3 heteroatoms. The molecular formula is C20H19NPS+. The van der Waals surface area contributed by atoms with Crippen LogP contribution in [0.15, 0.2) is 89.8 Å². The van der Waals surface area contributed by atoms with Gasteiger partial charge in [0, 0.05) is 6.92 Å². The quantitative estimate of drug-likeness (QED) is 0.722. The minimum atomic E-state index is -1.90. The monoisotopic (exact) mass is 336 g/mol. The average Bonchev–Trinajstić information content (AvgIpc) is 2.83. The summed E-state index contributed by atoms with van der Waals surface area (Å²) in [6.45, 7) is 2.20. The van der Waals surface area contributed by atoms with E-state index in [1.807, 2.05) is 11.8 Å². The molecule has 1 heterocycles. The molecule has 0 fully saturated rings. The highest BCUT2D eigenvalue weighted by Gasteiger charge is 2.64. The summed E-state index contributed by atoms with van der Waals surface area (Å²) < 4.78 is -0.348. The van der Waals surface area contributed by atoms with Crippen molar-refractivity contribution >= 4 is 34.9 Å². The van der Waals surface area contributed by atoms with Crippen molar-refractivity contribution in [1.82, 2.24) is 0 Å². The Morgan fingerprint density at radius 3 is 1.78 bits per heavy atom. The molecule has 23 heavy (non-hydrogen) atoms. The molecule has 1 aliphatic rings. The Morgan fingerprint density at radius 2 is 1.22 bits per heavy atom. The fourth-order valence-corrected chi connectivity index (χ4v) is 11.0. The van der Waals surface area contributed by atoms with Crippen molar-refractivity contribution in [2.45, 2.75) is 16.4 Å². The number of hydrogen-bond donors (Lipinski definition) is 1. The second kappa shape index (κ2) is 5.49. The number of benzene rings is 3. The van der Waals surface area contributed by atoms with Gasteiger partial charge in [-0.25, -0.2) is 0 Å². The van der Waals surface area contributed by atoms with Crippen LogP contribution in [-0.4, -0.2) is 4.61 Å². The summed E-state index contributed by atoms with van der Waals surface area (Å²) in [6.07, 6.45) is 0. The molecule has 114 valence electrons. The molecule has 0 amide bonds. The second-order valence-electron chi connectivity index (χ2n) is 5.97. The first-order chi connectivity index (χ1) is 11.2. The Bertz CT molecular complexity index is 791. The third kappa shape index (κ3) is 2.10. The van der Waals surface area contributed by atoms with Crippen molar-refractivity contribution in [2.75, 3.05) is 0 Å². The summed E-state index contributed by atoms with van der Waals surface area (Å²) in [4.78, 5) is 1.32. The highest BCUT2D eigenvalue weighted by molar-refractivity contribution is 8.18. The topological polar surface area (TPSA) is 26.0 Å². The molecule has 3 aromatic rings. The van der Waals surface area contributed by atoms with Gasteiger partial charge in [0.2, 0.25) is 0 Å². The predicted octanol–water partition coefficient (Wildman–Crippen LogP) is 3.72. The first kappa shape index (κ1) is 15.0. The maximum atomic E-state index is 6.98. The Morgan fingerprint density at radius 1 is 0.739 bits per heavy atom. The van der Waals surface area contributed by atoms with Crippen LogP contribution in [-0.2, 0) is 0 Å². The molecule has 0 saturated carbocycles. The minimum Gasteiger partial charge on any atom is -0.284 e. The lowest BCUT2D eigenvalue weighted by atomic mass is 10.3. The summed E-state index contributed by atoms with van der Waals surface area (Å²) >= 11 is 1.82. The lowest BCUT2D eigenvalue weighted by Gasteiger charge is -2.33. The zero-order chi connectivity index (χ0) is 15.9. The molecule has 3 aromatic carbocycles. The zero-order valence-corrected chi connectivity index (χ0v) is 14.7. The molecular weight excluding hydrogens is 317 g/mol. The van der Waals surface area contributed by atoms with Gasteiger partial charge in [0.25, 0.3) is 0 Å². The van der Waals surface area contributed by atoms with Crippen molar-refractivity contribution < 1.29 is 0 Å². The molecule has 0 aromatic heterocycles. The van der Waals surface area contributed by atoms with Gasteiger partial charge in [0.05, 0.1) is 4.90 Å². The maximum absolute atomic E-state index is 6.98. The smallest absolute Gasteiger partial charge is 0.189 e. The molecule has 2 N–H and O–H groups in total. The van der Waals surface area contributed by atoms with Crippen LogP contribution in [0.2, 0.25) is 0 Å². The number of nitrogens with two attached hydrogens (primary N) is 1. The minimum absolute atomic E-state index is 0.348. The van der Waals surface area contributed by atoms with E-state index >= 15 is 0 Å². The van der Waals surface area contributed by atoms with Crippen LogP contribution in [0.5, 0.6) is 0 Å². The number of fused-ring (bicyclic) bond motifs is 1.